The molecule has 0 bridgehead atoms. The van der Waals surface area contributed by atoms with Crippen molar-refractivity contribution >= 4 is 5.91 Å². The van der Waals surface area contributed by atoms with Crippen molar-refractivity contribution in [1.82, 2.24) is 4.90 Å². The summed E-state index contributed by atoms with van der Waals surface area (Å²) in [6.07, 6.45) is 0.558. The number of methoxy groups -OCH3 is 1. The van der Waals surface area contributed by atoms with Gasteiger partial charge >= 0.3 is 0 Å². The highest BCUT2D eigenvalue weighted by Gasteiger charge is 2.38. The lowest BCUT2D eigenvalue weighted by Gasteiger charge is -2.11. The van der Waals surface area contributed by atoms with Gasteiger partial charge in [0.25, 0.3) is 5.91 Å². The molecule has 2 atom stereocenters. The Kier molecular flexibility index (Phi) is 3.05. The molecule has 0 aromatic heterocycles. The van der Waals surface area contributed by atoms with E-state index in [1.165, 1.54) is 12.0 Å². The molecule has 1 N–H and O–H groups in total. The van der Waals surface area contributed by atoms with Gasteiger partial charge in [0.1, 0.15) is 12.8 Å². The quantitative estimate of drug-likeness (QED) is 0.644. The third kappa shape index (κ3) is 1.44. The third-order valence-corrected chi connectivity index (χ3v) is 2.39. The Labute approximate surface area is 72.1 Å². The molecule has 0 aromatic rings. The fourth-order valence-corrected chi connectivity index (χ4v) is 1.61. The van der Waals surface area contributed by atoms with Crippen LogP contribution in [0.15, 0.2) is 0 Å². The Bertz CT molecular complexity index is 172. The molecule has 0 spiro atoms. The van der Waals surface area contributed by atoms with Crippen LogP contribution in [0.25, 0.3) is 0 Å². The first-order valence-corrected chi connectivity index (χ1v) is 4.17. The molecule has 12 heavy (non-hydrogen) atoms. The highest BCUT2D eigenvalue weighted by atomic mass is 16.5. The van der Waals surface area contributed by atoms with E-state index in [1.54, 1.807) is 0 Å². The minimum Gasteiger partial charge on any atom is -0.376 e. The summed E-state index contributed by atoms with van der Waals surface area (Å²) in [5.41, 5.74) is 0. The molecule has 4 heteroatoms. The van der Waals surface area contributed by atoms with E-state index >= 15 is 0 Å². The molecular weight excluding hydrogens is 158 g/mol. The zero-order valence-corrected chi connectivity index (χ0v) is 7.49. The highest BCUT2D eigenvalue weighted by molar-refractivity contribution is 5.83. The number of ether oxygens (including phenoxy) is 1. The van der Waals surface area contributed by atoms with E-state index in [-0.39, 0.29) is 24.7 Å². The lowest BCUT2D eigenvalue weighted by molar-refractivity contribution is -0.139. The Balaban J connectivity index is 2.65. The molecule has 1 aliphatic heterocycles. The van der Waals surface area contributed by atoms with Crippen LogP contribution in [-0.4, -0.2) is 42.4 Å². The molecule has 1 heterocycles. The Morgan fingerprint density at radius 3 is 2.75 bits per heavy atom. The number of hydrogen-bond donors (Lipinski definition) is 1. The maximum atomic E-state index is 11.4. The van der Waals surface area contributed by atoms with Gasteiger partial charge < -0.3 is 14.7 Å². The number of likely N-dealkylation sites (tertiary alicyclic amines) is 1. The van der Waals surface area contributed by atoms with E-state index in [9.17, 15) is 4.79 Å². The molecule has 0 unspecified atom stereocenters. The maximum absolute atomic E-state index is 11.4. The van der Waals surface area contributed by atoms with Gasteiger partial charge in [-0.25, -0.2) is 0 Å². The lowest BCUT2D eigenvalue weighted by atomic mass is 10.0. The van der Waals surface area contributed by atoms with Gasteiger partial charge in [-0.3, -0.25) is 4.79 Å². The van der Waals surface area contributed by atoms with E-state index in [2.05, 4.69) is 0 Å². The van der Waals surface area contributed by atoms with E-state index in [4.69, 9.17) is 9.84 Å². The lowest BCUT2D eigenvalue weighted by Crippen LogP contribution is -2.31. The molecule has 1 saturated heterocycles. The largest absolute Gasteiger partial charge is 0.376 e. The van der Waals surface area contributed by atoms with Crippen LogP contribution in [0.1, 0.15) is 13.3 Å². The zero-order chi connectivity index (χ0) is 9.14. The molecule has 1 amide bonds. The first kappa shape index (κ1) is 9.48. The molecule has 1 rings (SSSR count). The summed E-state index contributed by atoms with van der Waals surface area (Å²) < 4.78 is 5.06. The van der Waals surface area contributed by atoms with Gasteiger partial charge in [-0.2, -0.15) is 0 Å². The molecule has 1 aliphatic rings. The predicted octanol–water partition coefficient (Wildman–Crippen LogP) is -0.180. The highest BCUT2D eigenvalue weighted by Crippen LogP contribution is 2.22. The van der Waals surface area contributed by atoms with Gasteiger partial charge in [-0.1, -0.05) is 6.92 Å². The summed E-state index contributed by atoms with van der Waals surface area (Å²) in [5.74, 6) is 0.140. The standard InChI is InChI=1S/C8H15NO3/c1-3-6-4-9(5-10)8(11)7(6)12-2/h6-7,10H,3-5H2,1-2H3/t6-,7-/m0/s1. The Morgan fingerprint density at radius 1 is 1.75 bits per heavy atom. The second kappa shape index (κ2) is 3.87. The van der Waals surface area contributed by atoms with Crippen molar-refractivity contribution in [2.75, 3.05) is 20.4 Å². The average Bonchev–Trinajstić information content (AvgIpc) is 2.41. The topological polar surface area (TPSA) is 49.8 Å². The fraction of sp³-hybridized carbons (Fsp3) is 0.875. The number of hydrogen-bond acceptors (Lipinski definition) is 3. The van der Waals surface area contributed by atoms with Gasteiger partial charge in [0, 0.05) is 19.6 Å². The van der Waals surface area contributed by atoms with E-state index < -0.39 is 0 Å². The van der Waals surface area contributed by atoms with Crippen LogP contribution in [-0.2, 0) is 9.53 Å². The molecule has 1 fully saturated rings. The molecule has 70 valence electrons. The minimum atomic E-state index is -0.345. The summed E-state index contributed by atoms with van der Waals surface area (Å²) in [5, 5.41) is 8.81. The summed E-state index contributed by atoms with van der Waals surface area (Å²) >= 11 is 0. The van der Waals surface area contributed by atoms with Crippen LogP contribution in [0.2, 0.25) is 0 Å². The van der Waals surface area contributed by atoms with Crippen LogP contribution in [0.4, 0.5) is 0 Å². The minimum absolute atomic E-state index is 0.0909. The second-order valence-corrected chi connectivity index (χ2v) is 3.03. The second-order valence-electron chi connectivity index (χ2n) is 3.03. The number of carbonyl (C=O) groups excluding carboxylic acids is 1. The number of nitrogens with zero attached hydrogens (tertiary/aromatic N) is 1. The molecule has 0 aromatic carbocycles. The van der Waals surface area contributed by atoms with E-state index in [0.717, 1.165) is 6.42 Å². The van der Waals surface area contributed by atoms with Crippen LogP contribution >= 0.6 is 0 Å². The number of carbonyl (C=O) groups is 1. The summed E-state index contributed by atoms with van der Waals surface area (Å²) in [6, 6.07) is 0. The molecule has 0 radical (unpaired) electrons. The van der Waals surface area contributed by atoms with E-state index in [1.807, 2.05) is 6.92 Å². The smallest absolute Gasteiger partial charge is 0.253 e. The number of aliphatic hydroxyl groups excluding tert-OH is 1. The van der Waals surface area contributed by atoms with Crippen molar-refractivity contribution in [3.8, 4) is 0 Å². The maximum Gasteiger partial charge on any atom is 0.253 e. The summed E-state index contributed by atoms with van der Waals surface area (Å²) in [7, 11) is 1.53. The zero-order valence-electron chi connectivity index (χ0n) is 7.49. The fourth-order valence-electron chi connectivity index (χ4n) is 1.61. The predicted molar refractivity (Wildman–Crippen MR) is 43.4 cm³/mol. The first-order chi connectivity index (χ1) is 5.74. The molecular formula is C8H15NO3. The number of aliphatic hydroxyl groups is 1. The number of amides is 1. The van der Waals surface area contributed by atoms with Crippen LogP contribution in [0.3, 0.4) is 0 Å². The summed E-state index contributed by atoms with van der Waals surface area (Å²) in [4.78, 5) is 12.8. The monoisotopic (exact) mass is 173 g/mol. The van der Waals surface area contributed by atoms with Crippen molar-refractivity contribution in [2.24, 2.45) is 5.92 Å². The van der Waals surface area contributed by atoms with Crippen molar-refractivity contribution < 1.29 is 14.6 Å². The van der Waals surface area contributed by atoms with Crippen molar-refractivity contribution in [3.63, 3.8) is 0 Å². The number of rotatable bonds is 3. The SMILES string of the molecule is CC[C@H]1CN(CO)C(=O)[C@H]1OC. The van der Waals surface area contributed by atoms with Crippen LogP contribution in [0.5, 0.6) is 0 Å². The van der Waals surface area contributed by atoms with Gasteiger partial charge in [0.15, 0.2) is 0 Å². The third-order valence-electron chi connectivity index (χ3n) is 2.39. The average molecular weight is 173 g/mol. The molecule has 4 nitrogen and oxygen atoms in total. The first-order valence-electron chi connectivity index (χ1n) is 4.17. The van der Waals surface area contributed by atoms with Crippen LogP contribution in [0, 0.1) is 5.92 Å². The Morgan fingerprint density at radius 2 is 2.42 bits per heavy atom. The van der Waals surface area contributed by atoms with Gasteiger partial charge in [-0.05, 0) is 6.42 Å². The van der Waals surface area contributed by atoms with E-state index in [0.29, 0.717) is 6.54 Å². The van der Waals surface area contributed by atoms with Gasteiger partial charge in [0.2, 0.25) is 0 Å². The van der Waals surface area contributed by atoms with Gasteiger partial charge in [0.05, 0.1) is 0 Å². The van der Waals surface area contributed by atoms with Crippen molar-refractivity contribution in [1.29, 1.82) is 0 Å². The van der Waals surface area contributed by atoms with Crippen molar-refractivity contribution in [3.05, 3.63) is 0 Å². The normalized spacial score (nSPS) is 29.9. The van der Waals surface area contributed by atoms with Crippen LogP contribution < -0.4 is 0 Å². The van der Waals surface area contributed by atoms with Gasteiger partial charge in [-0.15, -0.1) is 0 Å². The Hall–Kier alpha value is -0.610. The summed E-state index contributed by atoms with van der Waals surface area (Å²) in [6.45, 7) is 2.43. The molecule has 0 saturated carbocycles. The van der Waals surface area contributed by atoms with Crippen molar-refractivity contribution in [2.45, 2.75) is 19.4 Å². The molecule has 0 aliphatic carbocycles.